The summed E-state index contributed by atoms with van der Waals surface area (Å²) in [7, 11) is 0.733. The molecule has 1 aromatic rings. The second-order valence-corrected chi connectivity index (χ2v) is 7.26. The number of hydrogen-bond acceptors (Lipinski definition) is 6. The van der Waals surface area contributed by atoms with E-state index in [1.54, 1.807) is 24.3 Å². The topological polar surface area (TPSA) is 91.3 Å². The minimum Gasteiger partial charge on any atom is -0.482 e. The Morgan fingerprint density at radius 2 is 1.65 bits per heavy atom. The molecule has 1 saturated heterocycles. The molecule has 7 nitrogen and oxygen atoms in total. The minimum absolute atomic E-state index is 0.0999. The largest absolute Gasteiger partial charge is 0.482 e. The summed E-state index contributed by atoms with van der Waals surface area (Å²) in [5.74, 6) is -1.34. The molecule has 8 heteroatoms. The molecule has 0 bridgehead atoms. The summed E-state index contributed by atoms with van der Waals surface area (Å²) < 4.78 is 22.1. The first-order chi connectivity index (χ1) is 12.1. The van der Waals surface area contributed by atoms with E-state index in [0.717, 1.165) is 5.56 Å². The second-order valence-electron chi connectivity index (χ2n) is 7.26. The van der Waals surface area contributed by atoms with Crippen LogP contribution in [0.1, 0.15) is 45.5 Å². The highest BCUT2D eigenvalue weighted by Gasteiger charge is 2.54. The van der Waals surface area contributed by atoms with Gasteiger partial charge in [0.2, 0.25) is 0 Å². The number of aliphatic carboxylic acids is 1. The molecule has 1 unspecified atom stereocenters. The van der Waals surface area contributed by atoms with E-state index >= 15 is 0 Å². The number of carboxylic acid groups (broad SMARTS) is 1. The maximum Gasteiger partial charge on any atom is 0.466 e. The van der Waals surface area contributed by atoms with Gasteiger partial charge in [-0.15, -0.1) is 0 Å². The van der Waals surface area contributed by atoms with E-state index in [2.05, 4.69) is 0 Å². The van der Waals surface area contributed by atoms with Crippen molar-refractivity contribution >= 4 is 19.1 Å². The van der Waals surface area contributed by atoms with Gasteiger partial charge in [-0.1, -0.05) is 12.1 Å². The van der Waals surface area contributed by atoms with Gasteiger partial charge in [0.25, 0.3) is 0 Å². The van der Waals surface area contributed by atoms with E-state index in [1.165, 1.54) is 7.11 Å². The zero-order valence-electron chi connectivity index (χ0n) is 15.8. The maximum absolute atomic E-state index is 11.9. The molecule has 1 fully saturated rings. The van der Waals surface area contributed by atoms with E-state index in [-0.39, 0.29) is 18.2 Å². The zero-order valence-corrected chi connectivity index (χ0v) is 15.8. The van der Waals surface area contributed by atoms with Crippen LogP contribution in [0.25, 0.3) is 0 Å². The van der Waals surface area contributed by atoms with Crippen molar-refractivity contribution in [3.63, 3.8) is 0 Å². The van der Waals surface area contributed by atoms with Crippen LogP contribution in [0.4, 0.5) is 0 Å². The predicted octanol–water partition coefficient (Wildman–Crippen LogP) is 2.43. The highest BCUT2D eigenvalue weighted by Crippen LogP contribution is 2.42. The van der Waals surface area contributed by atoms with Gasteiger partial charge in [-0.05, 0) is 45.4 Å². The van der Waals surface area contributed by atoms with Crippen LogP contribution in [0.5, 0.6) is 5.75 Å². The van der Waals surface area contributed by atoms with Crippen LogP contribution < -0.4 is 4.74 Å². The Labute approximate surface area is 153 Å². The van der Waals surface area contributed by atoms with Crippen LogP contribution in [0.3, 0.4) is 0 Å². The van der Waals surface area contributed by atoms with Crippen molar-refractivity contribution in [2.75, 3.05) is 13.7 Å². The van der Waals surface area contributed by atoms with Gasteiger partial charge in [0.1, 0.15) is 5.75 Å². The Morgan fingerprint density at radius 1 is 1.12 bits per heavy atom. The molecule has 1 atom stereocenters. The Bertz CT molecular complexity index is 638. The van der Waals surface area contributed by atoms with Gasteiger partial charge in [0.15, 0.2) is 6.61 Å². The molecule has 1 aliphatic heterocycles. The van der Waals surface area contributed by atoms with Gasteiger partial charge in [0, 0.05) is 5.82 Å². The number of benzene rings is 1. The number of hydrogen-bond donors (Lipinski definition) is 1. The maximum atomic E-state index is 11.9. The van der Waals surface area contributed by atoms with Crippen molar-refractivity contribution in [2.24, 2.45) is 0 Å². The van der Waals surface area contributed by atoms with Crippen molar-refractivity contribution in [3.05, 3.63) is 29.8 Å². The molecule has 0 aromatic heterocycles. The highest BCUT2D eigenvalue weighted by atomic mass is 16.7. The molecule has 1 aliphatic rings. The van der Waals surface area contributed by atoms with Crippen molar-refractivity contribution in [1.29, 1.82) is 0 Å². The fourth-order valence-corrected chi connectivity index (χ4v) is 2.64. The summed E-state index contributed by atoms with van der Waals surface area (Å²) in [4.78, 5) is 22.5. The van der Waals surface area contributed by atoms with Crippen molar-refractivity contribution < 1.29 is 33.5 Å². The van der Waals surface area contributed by atoms with Crippen LogP contribution >= 0.6 is 0 Å². The van der Waals surface area contributed by atoms with E-state index in [9.17, 15) is 9.59 Å². The lowest BCUT2D eigenvalue weighted by Gasteiger charge is -2.32. The number of ether oxygens (including phenoxy) is 2. The molecule has 1 aromatic carbocycles. The van der Waals surface area contributed by atoms with Gasteiger partial charge < -0.3 is 23.9 Å². The van der Waals surface area contributed by atoms with Crippen LogP contribution in [-0.2, 0) is 23.6 Å². The average molecular weight is 364 g/mol. The molecule has 0 aliphatic carbocycles. The lowest BCUT2D eigenvalue weighted by atomic mass is 9.66. The third kappa shape index (κ3) is 4.56. The van der Waals surface area contributed by atoms with E-state index in [0.29, 0.717) is 5.75 Å². The highest BCUT2D eigenvalue weighted by molar-refractivity contribution is 6.48. The minimum atomic E-state index is -1.05. The Hall–Kier alpha value is -2.06. The molecule has 26 heavy (non-hydrogen) atoms. The summed E-state index contributed by atoms with van der Waals surface area (Å²) in [6, 6.07) is 6.87. The number of methoxy groups -OCH3 is 1. The summed E-state index contributed by atoms with van der Waals surface area (Å²) in [6.45, 7) is 7.38. The fourth-order valence-electron chi connectivity index (χ4n) is 2.64. The fraction of sp³-hybridized carbons (Fsp3) is 0.556. The molecule has 0 saturated carbocycles. The normalized spacial score (nSPS) is 19.0. The van der Waals surface area contributed by atoms with E-state index in [1.807, 2.05) is 27.7 Å². The molecule has 0 amide bonds. The number of carboxylic acids is 1. The van der Waals surface area contributed by atoms with Crippen LogP contribution in [0.2, 0.25) is 0 Å². The van der Waals surface area contributed by atoms with Crippen LogP contribution in [0.15, 0.2) is 24.3 Å². The molecule has 142 valence electrons. The second kappa shape index (κ2) is 7.67. The standard InChI is InChI=1S/C18H25BO7/c1-17(2)18(3,4)26-19(25-17)14(10-16(22)23-5)12-6-8-13(9-7-12)24-11-15(20)21/h6-9,14H,10-11H2,1-5H3,(H,20,21). The number of esters is 1. The van der Waals surface area contributed by atoms with Gasteiger partial charge >= 0.3 is 19.1 Å². The third-order valence-corrected chi connectivity index (χ3v) is 4.88. The summed E-state index contributed by atoms with van der Waals surface area (Å²) in [5, 5.41) is 8.68. The first-order valence-electron chi connectivity index (χ1n) is 8.43. The summed E-state index contributed by atoms with van der Waals surface area (Å²) in [6.07, 6.45) is 0.0999. The summed E-state index contributed by atoms with van der Waals surface area (Å²) in [5.41, 5.74) is -0.218. The number of carbonyl (C=O) groups is 2. The quantitative estimate of drug-likeness (QED) is 0.587. The monoisotopic (exact) mass is 364 g/mol. The van der Waals surface area contributed by atoms with Crippen molar-refractivity contribution in [3.8, 4) is 5.75 Å². The van der Waals surface area contributed by atoms with Gasteiger partial charge in [0.05, 0.1) is 24.7 Å². The molecular formula is C18H25BO7. The smallest absolute Gasteiger partial charge is 0.466 e. The Morgan fingerprint density at radius 3 is 2.12 bits per heavy atom. The summed E-state index contributed by atoms with van der Waals surface area (Å²) >= 11 is 0. The molecule has 0 radical (unpaired) electrons. The lowest BCUT2D eigenvalue weighted by molar-refractivity contribution is -0.141. The molecular weight excluding hydrogens is 339 g/mol. The SMILES string of the molecule is COC(=O)CC(B1OC(C)(C)C(C)(C)O1)c1ccc(OCC(=O)O)cc1. The first kappa shape index (κ1) is 20.3. The van der Waals surface area contributed by atoms with Gasteiger partial charge in [-0.2, -0.15) is 0 Å². The van der Waals surface area contributed by atoms with Gasteiger partial charge in [-0.25, -0.2) is 4.79 Å². The number of carbonyl (C=O) groups excluding carboxylic acids is 1. The molecule has 0 spiro atoms. The third-order valence-electron chi connectivity index (χ3n) is 4.88. The molecule has 2 rings (SSSR count). The van der Waals surface area contributed by atoms with Crippen molar-refractivity contribution in [2.45, 2.75) is 51.1 Å². The zero-order chi connectivity index (χ0) is 19.5. The molecule has 1 heterocycles. The Kier molecular flexibility index (Phi) is 5.98. The number of rotatable bonds is 7. The van der Waals surface area contributed by atoms with Crippen LogP contribution in [-0.4, -0.2) is 49.1 Å². The van der Waals surface area contributed by atoms with E-state index < -0.39 is 30.9 Å². The van der Waals surface area contributed by atoms with Crippen LogP contribution in [0, 0.1) is 0 Å². The lowest BCUT2D eigenvalue weighted by Crippen LogP contribution is -2.41. The van der Waals surface area contributed by atoms with E-state index in [4.69, 9.17) is 23.9 Å². The predicted molar refractivity (Wildman–Crippen MR) is 95.0 cm³/mol. The first-order valence-corrected chi connectivity index (χ1v) is 8.43. The average Bonchev–Trinajstić information content (AvgIpc) is 2.78. The Balaban J connectivity index is 2.22. The van der Waals surface area contributed by atoms with Crippen molar-refractivity contribution in [1.82, 2.24) is 0 Å². The molecule has 1 N–H and O–H groups in total. The van der Waals surface area contributed by atoms with Gasteiger partial charge in [-0.3, -0.25) is 4.79 Å².